The fraction of sp³-hybridized carbons (Fsp3) is 0.389. The Morgan fingerprint density at radius 2 is 1.89 bits per heavy atom. The zero-order valence-corrected chi connectivity index (χ0v) is 14.4. The summed E-state index contributed by atoms with van der Waals surface area (Å²) in [5, 5.41) is 9.80. The van der Waals surface area contributed by atoms with Crippen molar-refractivity contribution in [2.45, 2.75) is 25.4 Å². The van der Waals surface area contributed by atoms with Gasteiger partial charge in [0.15, 0.2) is 0 Å². The van der Waals surface area contributed by atoms with Crippen LogP contribution in [0.5, 0.6) is 0 Å². The molecule has 0 unspecified atom stereocenters. The van der Waals surface area contributed by atoms with Gasteiger partial charge in [-0.25, -0.2) is 9.97 Å². The maximum Gasteiger partial charge on any atom is 0.416 e. The first kappa shape index (κ1) is 18.9. The lowest BCUT2D eigenvalue weighted by atomic mass is 9.73. The second-order valence-corrected chi connectivity index (χ2v) is 6.71. The molecule has 2 aromatic rings. The Labute approximate surface area is 153 Å². The Balaban J connectivity index is 1.83. The van der Waals surface area contributed by atoms with Gasteiger partial charge in [-0.05, 0) is 30.9 Å². The number of rotatable bonds is 4. The maximum absolute atomic E-state index is 13.3. The van der Waals surface area contributed by atoms with E-state index in [-0.39, 0.29) is 24.8 Å². The van der Waals surface area contributed by atoms with Crippen molar-refractivity contribution < 1.29 is 23.1 Å². The van der Waals surface area contributed by atoms with Crippen LogP contribution in [-0.4, -0.2) is 34.1 Å². The van der Waals surface area contributed by atoms with Crippen LogP contribution in [0.15, 0.2) is 36.7 Å². The summed E-state index contributed by atoms with van der Waals surface area (Å²) in [6.45, 7) is 0.716. The molecule has 1 aliphatic heterocycles. The number of aliphatic carboxylic acids is 1. The number of anilines is 2. The summed E-state index contributed by atoms with van der Waals surface area (Å²) in [6, 6.07) is 6.74. The van der Waals surface area contributed by atoms with E-state index in [1.54, 1.807) is 6.07 Å². The number of nitrogen functional groups attached to an aromatic ring is 1. The molecular formula is C18H19F3N4O2. The third-order valence-electron chi connectivity index (χ3n) is 5.02. The summed E-state index contributed by atoms with van der Waals surface area (Å²) in [7, 11) is 0. The van der Waals surface area contributed by atoms with E-state index in [0.717, 1.165) is 6.07 Å². The van der Waals surface area contributed by atoms with Gasteiger partial charge in [0.2, 0.25) is 0 Å². The monoisotopic (exact) mass is 380 g/mol. The van der Waals surface area contributed by atoms with Crippen LogP contribution < -0.4 is 10.6 Å². The fourth-order valence-electron chi connectivity index (χ4n) is 3.48. The van der Waals surface area contributed by atoms with Crippen molar-refractivity contribution in [3.63, 3.8) is 0 Å². The molecule has 0 bridgehead atoms. The molecule has 0 spiro atoms. The molecule has 27 heavy (non-hydrogen) atoms. The Hall–Kier alpha value is -2.84. The minimum absolute atomic E-state index is 0.00660. The molecule has 1 aromatic heterocycles. The zero-order valence-electron chi connectivity index (χ0n) is 14.4. The van der Waals surface area contributed by atoms with E-state index in [2.05, 4.69) is 9.97 Å². The number of halogens is 3. The first-order valence-electron chi connectivity index (χ1n) is 8.42. The van der Waals surface area contributed by atoms with Crippen LogP contribution in [0.1, 0.15) is 24.0 Å². The summed E-state index contributed by atoms with van der Waals surface area (Å²) >= 11 is 0. The molecule has 1 aromatic carbocycles. The van der Waals surface area contributed by atoms with Crippen molar-refractivity contribution in [2.24, 2.45) is 5.41 Å². The van der Waals surface area contributed by atoms with Gasteiger partial charge in [-0.1, -0.05) is 18.2 Å². The number of hydrogen-bond donors (Lipinski definition) is 2. The largest absolute Gasteiger partial charge is 0.481 e. The van der Waals surface area contributed by atoms with E-state index < -0.39 is 23.1 Å². The fourth-order valence-corrected chi connectivity index (χ4v) is 3.48. The van der Waals surface area contributed by atoms with Crippen molar-refractivity contribution in [1.82, 2.24) is 9.97 Å². The van der Waals surface area contributed by atoms with Crippen molar-refractivity contribution in [3.05, 3.63) is 47.8 Å². The van der Waals surface area contributed by atoms with Gasteiger partial charge in [0, 0.05) is 19.2 Å². The molecule has 2 heterocycles. The average Bonchev–Trinajstić information content (AvgIpc) is 2.62. The van der Waals surface area contributed by atoms with Gasteiger partial charge in [0.05, 0.1) is 11.0 Å². The predicted octanol–water partition coefficient (Wildman–Crippen LogP) is 2.99. The molecule has 0 amide bonds. The third kappa shape index (κ3) is 3.96. The van der Waals surface area contributed by atoms with Crippen LogP contribution in [0.3, 0.4) is 0 Å². The van der Waals surface area contributed by atoms with Gasteiger partial charge < -0.3 is 15.7 Å². The molecular weight excluding hydrogens is 361 g/mol. The number of hydrogen-bond acceptors (Lipinski definition) is 5. The van der Waals surface area contributed by atoms with E-state index >= 15 is 0 Å². The highest BCUT2D eigenvalue weighted by atomic mass is 19.4. The predicted molar refractivity (Wildman–Crippen MR) is 93.1 cm³/mol. The van der Waals surface area contributed by atoms with Crippen LogP contribution in [0.25, 0.3) is 0 Å². The van der Waals surface area contributed by atoms with Crippen molar-refractivity contribution in [2.75, 3.05) is 23.7 Å². The Kier molecular flexibility index (Phi) is 4.95. The molecule has 3 rings (SSSR count). The van der Waals surface area contributed by atoms with Gasteiger partial charge >= 0.3 is 12.1 Å². The van der Waals surface area contributed by atoms with Gasteiger partial charge in [0.25, 0.3) is 0 Å². The summed E-state index contributed by atoms with van der Waals surface area (Å²) in [5.74, 6) is -0.201. The third-order valence-corrected chi connectivity index (χ3v) is 5.02. The maximum atomic E-state index is 13.3. The van der Waals surface area contributed by atoms with Gasteiger partial charge in [-0.2, -0.15) is 13.2 Å². The summed E-state index contributed by atoms with van der Waals surface area (Å²) in [4.78, 5) is 21.8. The molecule has 0 saturated carbocycles. The second-order valence-electron chi connectivity index (χ2n) is 6.71. The van der Waals surface area contributed by atoms with Crippen LogP contribution in [0.2, 0.25) is 0 Å². The topological polar surface area (TPSA) is 92.3 Å². The van der Waals surface area contributed by atoms with E-state index in [1.165, 1.54) is 24.5 Å². The minimum Gasteiger partial charge on any atom is -0.481 e. The van der Waals surface area contributed by atoms with Crippen molar-refractivity contribution in [1.29, 1.82) is 0 Å². The number of nitrogens with two attached hydrogens (primary N) is 1. The molecule has 1 fully saturated rings. The number of aromatic nitrogens is 2. The lowest BCUT2D eigenvalue weighted by Gasteiger charge is -2.39. The van der Waals surface area contributed by atoms with Crippen molar-refractivity contribution >= 4 is 17.6 Å². The van der Waals surface area contributed by atoms with Crippen LogP contribution in [-0.2, 0) is 17.4 Å². The Morgan fingerprint density at radius 1 is 1.22 bits per heavy atom. The highest BCUT2D eigenvalue weighted by Gasteiger charge is 2.44. The quantitative estimate of drug-likeness (QED) is 0.847. The second kappa shape index (κ2) is 7.05. The first-order valence-corrected chi connectivity index (χ1v) is 8.42. The molecule has 0 aliphatic carbocycles. The summed E-state index contributed by atoms with van der Waals surface area (Å²) < 4.78 is 39.8. The van der Waals surface area contributed by atoms with Crippen LogP contribution in [0.4, 0.5) is 24.8 Å². The standard InChI is InChI=1S/C18H19F3N4O2/c19-18(20,21)13-4-2-1-3-12(13)10-17(16(26)27)5-7-25(8-6-17)15-9-14(22)23-11-24-15/h1-4,9,11H,5-8,10H2,(H,26,27)(H2,22,23,24). The molecule has 3 N–H and O–H groups in total. The van der Waals surface area contributed by atoms with Crippen LogP contribution >= 0.6 is 0 Å². The molecule has 1 aliphatic rings. The van der Waals surface area contributed by atoms with Gasteiger partial charge in [-0.15, -0.1) is 0 Å². The van der Waals surface area contributed by atoms with E-state index in [1.807, 2.05) is 4.90 Å². The van der Waals surface area contributed by atoms with Gasteiger partial charge in [0.1, 0.15) is 18.0 Å². The number of carbonyl (C=O) groups is 1. The Bertz CT molecular complexity index is 833. The highest BCUT2D eigenvalue weighted by Crippen LogP contribution is 2.40. The van der Waals surface area contributed by atoms with E-state index in [0.29, 0.717) is 24.7 Å². The summed E-state index contributed by atoms with van der Waals surface area (Å²) in [6.07, 6.45) is -2.95. The lowest BCUT2D eigenvalue weighted by Crippen LogP contribution is -2.46. The molecule has 0 radical (unpaired) electrons. The number of benzene rings is 1. The normalized spacial score (nSPS) is 16.9. The number of carboxylic acids is 1. The van der Waals surface area contributed by atoms with E-state index in [9.17, 15) is 23.1 Å². The number of alkyl halides is 3. The average molecular weight is 380 g/mol. The number of carboxylic acid groups (broad SMARTS) is 1. The zero-order chi connectivity index (χ0) is 19.7. The molecule has 6 nitrogen and oxygen atoms in total. The molecule has 144 valence electrons. The smallest absolute Gasteiger partial charge is 0.416 e. The highest BCUT2D eigenvalue weighted by molar-refractivity contribution is 5.76. The molecule has 9 heteroatoms. The first-order chi connectivity index (χ1) is 12.7. The summed E-state index contributed by atoms with van der Waals surface area (Å²) in [5.41, 5.74) is 3.62. The van der Waals surface area contributed by atoms with E-state index in [4.69, 9.17) is 5.73 Å². The lowest BCUT2D eigenvalue weighted by molar-refractivity contribution is -0.151. The molecule has 1 saturated heterocycles. The minimum atomic E-state index is -4.52. The SMILES string of the molecule is Nc1cc(N2CCC(Cc3ccccc3C(F)(F)F)(C(=O)O)CC2)ncn1. The van der Waals surface area contributed by atoms with Crippen LogP contribution in [0, 0.1) is 5.41 Å². The van der Waals surface area contributed by atoms with Gasteiger partial charge in [-0.3, -0.25) is 4.79 Å². The number of nitrogens with zero attached hydrogens (tertiary/aromatic N) is 3. The molecule has 0 atom stereocenters. The van der Waals surface area contributed by atoms with Crippen molar-refractivity contribution in [3.8, 4) is 0 Å². The Morgan fingerprint density at radius 3 is 2.48 bits per heavy atom. The number of piperidine rings is 1.